The molecular formula is C34H48F3N9O2S. The van der Waals surface area contributed by atoms with Gasteiger partial charge in [-0.15, -0.1) is 5.10 Å². The molecule has 4 heterocycles. The second-order valence-electron chi connectivity index (χ2n) is 14.2. The number of allylic oxidation sites excluding steroid dienone is 1. The van der Waals surface area contributed by atoms with Gasteiger partial charge in [-0.25, -0.2) is 28.5 Å². The Hall–Kier alpha value is -3.82. The fourth-order valence-corrected chi connectivity index (χ4v) is 7.15. The maximum absolute atomic E-state index is 14.5. The molecule has 11 nitrogen and oxygen atoms in total. The van der Waals surface area contributed by atoms with Gasteiger partial charge < -0.3 is 15.0 Å². The molecule has 0 unspecified atom stereocenters. The predicted octanol–water partition coefficient (Wildman–Crippen LogP) is 6.08. The summed E-state index contributed by atoms with van der Waals surface area (Å²) in [5.74, 6) is -0.590. The Morgan fingerprint density at radius 3 is 2.51 bits per heavy atom. The van der Waals surface area contributed by atoms with Gasteiger partial charge >= 0.3 is 0 Å². The van der Waals surface area contributed by atoms with E-state index in [4.69, 9.17) is 20.0 Å². The lowest BCUT2D eigenvalue weighted by molar-refractivity contribution is -0.170. The summed E-state index contributed by atoms with van der Waals surface area (Å²) in [5.41, 5.74) is 4.24. The van der Waals surface area contributed by atoms with E-state index in [9.17, 15) is 13.2 Å². The lowest BCUT2D eigenvalue weighted by Crippen LogP contribution is -2.66. The number of ether oxygens (including phenoxy) is 1. The number of nitrogens with one attached hydrogen (secondary N) is 3. The third-order valence-electron chi connectivity index (χ3n) is 9.14. The lowest BCUT2D eigenvalue weighted by atomic mass is 9.61. The van der Waals surface area contributed by atoms with Crippen LogP contribution >= 0.6 is 10.0 Å². The van der Waals surface area contributed by atoms with Crippen LogP contribution in [0.1, 0.15) is 32.7 Å². The molecule has 0 radical (unpaired) electrons. The fourth-order valence-electron chi connectivity index (χ4n) is 6.56. The van der Waals surface area contributed by atoms with E-state index >= 15 is 0 Å². The number of halogens is 3. The van der Waals surface area contributed by atoms with Crippen molar-refractivity contribution in [3.8, 4) is 17.1 Å². The lowest BCUT2D eigenvalue weighted by Gasteiger charge is -2.59. The number of likely N-dealkylation sites (tertiary alicyclic amines) is 1. The van der Waals surface area contributed by atoms with E-state index in [1.54, 1.807) is 36.1 Å². The molecule has 3 aliphatic rings. The van der Waals surface area contributed by atoms with Gasteiger partial charge in [0.2, 0.25) is 17.8 Å². The topological polar surface area (TPSA) is 116 Å². The summed E-state index contributed by atoms with van der Waals surface area (Å²) in [6, 6.07) is 8.93. The first kappa shape index (κ1) is 35.0. The molecule has 1 aliphatic carbocycles. The summed E-state index contributed by atoms with van der Waals surface area (Å²) in [6.45, 7) is 4.94. The molecule has 3 N–H and O–H groups in total. The van der Waals surface area contributed by atoms with E-state index in [-0.39, 0.29) is 25.3 Å². The molecule has 6 rings (SSSR count). The summed E-state index contributed by atoms with van der Waals surface area (Å²) in [6.07, 6.45) is 11.9. The minimum absolute atomic E-state index is 0. The molecule has 3 fully saturated rings. The minimum Gasteiger partial charge on any atom is -0.490 e. The van der Waals surface area contributed by atoms with Crippen molar-refractivity contribution in [1.29, 1.82) is 5.41 Å². The van der Waals surface area contributed by atoms with Crippen LogP contribution in [-0.2, 0) is 11.9 Å². The second kappa shape index (κ2) is 14.2. The molecule has 3 aromatic rings. The Kier molecular flexibility index (Phi) is 10.1. The monoisotopic (exact) mass is 703 g/mol. The molecule has 268 valence electrons. The van der Waals surface area contributed by atoms with E-state index < -0.39 is 21.9 Å². The van der Waals surface area contributed by atoms with Crippen LogP contribution in [0.3, 0.4) is 0 Å². The van der Waals surface area contributed by atoms with Gasteiger partial charge in [0.05, 0.1) is 17.9 Å². The van der Waals surface area contributed by atoms with Gasteiger partial charge in [0, 0.05) is 70.1 Å². The number of aryl methyl sites for hydroxylation is 1. The summed E-state index contributed by atoms with van der Waals surface area (Å²) < 4.78 is 49.2. The highest BCUT2D eigenvalue weighted by molar-refractivity contribution is 8.32. The Morgan fingerprint density at radius 2 is 1.86 bits per heavy atom. The zero-order valence-electron chi connectivity index (χ0n) is 28.6. The van der Waals surface area contributed by atoms with Crippen molar-refractivity contribution >= 4 is 39.0 Å². The number of benzene rings is 1. The van der Waals surface area contributed by atoms with Crippen molar-refractivity contribution in [2.24, 2.45) is 12.5 Å². The first-order valence-corrected chi connectivity index (χ1v) is 19.6. The Balaban J connectivity index is 0.00000486. The molecule has 0 atom stereocenters. The molecule has 1 spiro atoms. The Bertz CT molecular complexity index is 1660. The van der Waals surface area contributed by atoms with E-state index in [2.05, 4.69) is 44.5 Å². The maximum Gasteiger partial charge on any atom is 0.249 e. The summed E-state index contributed by atoms with van der Waals surface area (Å²) >= 11 is 0. The highest BCUT2D eigenvalue weighted by Gasteiger charge is 2.61. The normalized spacial score (nSPS) is 19.0. The number of pyridine rings is 1. The molecule has 0 amide bonds. The van der Waals surface area contributed by atoms with Crippen LogP contribution in [0.25, 0.3) is 17.0 Å². The Morgan fingerprint density at radius 1 is 1.10 bits per heavy atom. The average molecular weight is 704 g/mol. The molecule has 2 aliphatic heterocycles. The second-order valence-corrected chi connectivity index (χ2v) is 18.8. The average Bonchev–Trinajstić information content (AvgIpc) is 3.66. The Labute approximate surface area is 288 Å². The van der Waals surface area contributed by atoms with E-state index in [1.165, 1.54) is 19.0 Å². The molecule has 15 heteroatoms. The maximum atomic E-state index is 14.5. The van der Waals surface area contributed by atoms with E-state index in [0.717, 1.165) is 31.2 Å². The number of hydrogen-bond donors (Lipinski definition) is 3. The van der Waals surface area contributed by atoms with Gasteiger partial charge in [0.15, 0.2) is 5.82 Å². The first-order valence-electron chi connectivity index (χ1n) is 16.5. The quantitative estimate of drug-likeness (QED) is 0.0985. The van der Waals surface area contributed by atoms with Gasteiger partial charge in [-0.2, -0.15) is 9.37 Å². The van der Waals surface area contributed by atoms with Gasteiger partial charge in [-0.3, -0.25) is 20.6 Å². The molecule has 0 bridgehead atoms. The number of hydroxylamine groups is 1. The van der Waals surface area contributed by atoms with Crippen LogP contribution in [0.2, 0.25) is 0 Å². The molecule has 49 heavy (non-hydrogen) atoms. The number of rotatable bonds is 15. The predicted molar refractivity (Wildman–Crippen MR) is 192 cm³/mol. The number of alkyl halides is 2. The molecule has 1 aromatic carbocycles. The zero-order valence-corrected chi connectivity index (χ0v) is 29.4. The minimum atomic E-state index is -2.53. The van der Waals surface area contributed by atoms with Crippen LogP contribution in [0, 0.1) is 10.8 Å². The molecule has 2 saturated heterocycles. The van der Waals surface area contributed by atoms with Gasteiger partial charge in [0.25, 0.3) is 0 Å². The van der Waals surface area contributed by atoms with Crippen molar-refractivity contribution in [2.45, 2.75) is 31.6 Å². The molecule has 2 aromatic heterocycles. The van der Waals surface area contributed by atoms with Crippen LogP contribution < -0.4 is 20.4 Å². The third-order valence-corrected chi connectivity index (χ3v) is 10.5. The number of aromatic nitrogens is 4. The molecule has 1 saturated carbocycles. The highest BCUT2D eigenvalue weighted by atomic mass is 32.3. The largest absolute Gasteiger partial charge is 0.490 e. The summed E-state index contributed by atoms with van der Waals surface area (Å²) in [5, 5.41) is 15.7. The van der Waals surface area contributed by atoms with Gasteiger partial charge in [-0.1, -0.05) is 6.07 Å². The van der Waals surface area contributed by atoms with Gasteiger partial charge in [0.1, 0.15) is 18.2 Å². The fraction of sp³-hybridized carbons (Fsp3) is 0.529. The number of nitrogens with zero attached hydrogens (tertiary/aromatic N) is 6. The van der Waals surface area contributed by atoms with Crippen LogP contribution in [0.5, 0.6) is 5.75 Å². The van der Waals surface area contributed by atoms with Crippen molar-refractivity contribution < 1.29 is 24.2 Å². The standard InChI is InChI=1S/C34H46F3N9O2S.H2/c1-44-32(42-31(43-44)25-8-10-29(39-18-25)46-22-33(23-46)20-34(36,37)21-33)41-27-9-7-24(17-28(27)47-14-13-45-11-5-6-12-45)26(30(35)38)19-40-48-15-16-49(2,3)4;/h7-10,17-19,38,40H,5-6,11-16,20-23H2,1-4H3,(H,41,42,43);1H/b26-19-,38-30?;. The van der Waals surface area contributed by atoms with Crippen LogP contribution in [0.4, 0.5) is 30.6 Å². The van der Waals surface area contributed by atoms with Crippen molar-refractivity contribution in [1.82, 2.24) is 30.1 Å². The van der Waals surface area contributed by atoms with E-state index in [1.807, 2.05) is 17.0 Å². The highest BCUT2D eigenvalue weighted by Crippen LogP contribution is 2.57. The van der Waals surface area contributed by atoms with Crippen molar-refractivity contribution in [3.63, 3.8) is 0 Å². The summed E-state index contributed by atoms with van der Waals surface area (Å²) in [7, 11) is 1.04. The first-order chi connectivity index (χ1) is 23.3. The van der Waals surface area contributed by atoms with E-state index in [0.29, 0.717) is 60.6 Å². The SMILES string of the molecule is Cn1nc(-c2ccc(N3CC4(C3)CC(F)(F)C4)nc2)nc1Nc1ccc(/C(=C/NOCCS(C)(C)C)C(=N)F)cc1OCCN1CCCC1.[HH]. The van der Waals surface area contributed by atoms with Crippen molar-refractivity contribution in [3.05, 3.63) is 48.3 Å². The number of anilines is 3. The molecular weight excluding hydrogens is 655 g/mol. The van der Waals surface area contributed by atoms with Crippen molar-refractivity contribution in [2.75, 3.05) is 80.7 Å². The van der Waals surface area contributed by atoms with Gasteiger partial charge in [-0.05, 0) is 74.5 Å². The van der Waals surface area contributed by atoms with Crippen LogP contribution in [-0.4, -0.2) is 107 Å². The third kappa shape index (κ3) is 8.68. The number of hydrogen-bond acceptors (Lipinski definition) is 10. The zero-order chi connectivity index (χ0) is 34.8. The summed E-state index contributed by atoms with van der Waals surface area (Å²) in [4.78, 5) is 19.1. The van der Waals surface area contributed by atoms with Crippen LogP contribution in [0.15, 0.2) is 42.7 Å². The smallest absolute Gasteiger partial charge is 0.249 e.